The van der Waals surface area contributed by atoms with Crippen molar-refractivity contribution in [3.05, 3.63) is 123 Å². The van der Waals surface area contributed by atoms with Crippen LogP contribution in [0.3, 0.4) is 0 Å². The number of aromatic nitrogens is 2. The summed E-state index contributed by atoms with van der Waals surface area (Å²) in [5.41, 5.74) is 3.76. The van der Waals surface area contributed by atoms with E-state index < -0.39 is 0 Å². The Kier molecular flexibility index (Phi) is 6.92. The first kappa shape index (κ1) is 25.6. The van der Waals surface area contributed by atoms with E-state index in [2.05, 4.69) is 21.0 Å². The zero-order valence-electron chi connectivity index (χ0n) is 21.8. The summed E-state index contributed by atoms with van der Waals surface area (Å²) in [4.78, 5) is 18.4. The predicted molar refractivity (Wildman–Crippen MR) is 160 cm³/mol. The molecule has 6 rings (SSSR count). The smallest absolute Gasteiger partial charge is 0.282 e. The number of nitrogens with zero attached hydrogens (tertiary/aromatic N) is 3. The van der Waals surface area contributed by atoms with Crippen molar-refractivity contribution < 1.29 is 13.9 Å². The molecule has 0 N–H and O–H groups in total. The van der Waals surface area contributed by atoms with E-state index in [0.29, 0.717) is 45.9 Å². The molecule has 0 aliphatic heterocycles. The average molecular weight is 594 g/mol. The second-order valence-corrected chi connectivity index (χ2v) is 10.2. The van der Waals surface area contributed by atoms with Gasteiger partial charge in [0.1, 0.15) is 12.2 Å². The second kappa shape index (κ2) is 10.8. The Hall–Kier alpha value is -4.69. The van der Waals surface area contributed by atoms with E-state index in [0.717, 1.165) is 15.4 Å². The van der Waals surface area contributed by atoms with Crippen molar-refractivity contribution in [1.29, 1.82) is 0 Å². The van der Waals surface area contributed by atoms with Crippen molar-refractivity contribution in [2.24, 2.45) is 5.10 Å². The molecule has 4 aromatic carbocycles. The highest BCUT2D eigenvalue weighted by atomic mass is 79.9. The molecular formula is C32H24BrN3O4. The fraction of sp³-hybridized carbons (Fsp3) is 0.0938. The lowest BCUT2D eigenvalue weighted by atomic mass is 10.1. The molecule has 0 saturated carbocycles. The van der Waals surface area contributed by atoms with Crippen molar-refractivity contribution in [2.75, 3.05) is 7.11 Å². The van der Waals surface area contributed by atoms with Gasteiger partial charge in [-0.25, -0.2) is 4.98 Å². The number of benzene rings is 4. The molecule has 198 valence electrons. The third-order valence-corrected chi connectivity index (χ3v) is 6.99. The van der Waals surface area contributed by atoms with E-state index in [4.69, 9.17) is 18.9 Å². The maximum Gasteiger partial charge on any atom is 0.282 e. The molecule has 0 radical (unpaired) electrons. The van der Waals surface area contributed by atoms with Gasteiger partial charge in [-0.3, -0.25) is 4.79 Å². The van der Waals surface area contributed by atoms with Crippen LogP contribution in [0.1, 0.15) is 16.7 Å². The van der Waals surface area contributed by atoms with Gasteiger partial charge in [0.25, 0.3) is 5.56 Å². The zero-order chi connectivity index (χ0) is 27.6. The maximum atomic E-state index is 13.7. The zero-order valence-corrected chi connectivity index (χ0v) is 23.4. The van der Waals surface area contributed by atoms with Gasteiger partial charge in [-0.2, -0.15) is 9.78 Å². The van der Waals surface area contributed by atoms with Gasteiger partial charge in [-0.15, -0.1) is 0 Å². The van der Waals surface area contributed by atoms with Crippen LogP contribution in [-0.2, 0) is 6.61 Å². The van der Waals surface area contributed by atoms with Crippen molar-refractivity contribution in [3.8, 4) is 23.1 Å². The van der Waals surface area contributed by atoms with Gasteiger partial charge in [0, 0.05) is 15.4 Å². The van der Waals surface area contributed by atoms with Gasteiger partial charge in [-0.05, 0) is 61.0 Å². The van der Waals surface area contributed by atoms with Crippen LogP contribution in [0.15, 0.2) is 110 Å². The number of para-hydroxylation sites is 2. The highest BCUT2D eigenvalue weighted by Crippen LogP contribution is 2.32. The number of hydrogen-bond donors (Lipinski definition) is 0. The standard InChI is InChI=1S/C32H24BrN3O4/c1-20-10-12-21(13-11-20)19-39-30-22(6-5-9-28(30)38-2)18-34-36-31(35-26-8-4-3-7-25(26)32(36)37)29-17-23-16-24(33)14-15-27(23)40-29/h3-18H,19H2,1-2H3. The molecule has 0 aliphatic rings. The predicted octanol–water partition coefficient (Wildman–Crippen LogP) is 7.35. The number of aryl methyl sites for hydroxylation is 1. The normalized spacial score (nSPS) is 11.5. The first-order valence-corrected chi connectivity index (χ1v) is 13.4. The topological polar surface area (TPSA) is 78.9 Å². The number of furan rings is 1. The first-order valence-electron chi connectivity index (χ1n) is 12.6. The summed E-state index contributed by atoms with van der Waals surface area (Å²) in [6.45, 7) is 2.39. The summed E-state index contributed by atoms with van der Waals surface area (Å²) < 4.78 is 20.1. The number of ether oxygens (including phenoxy) is 2. The van der Waals surface area contributed by atoms with Gasteiger partial charge < -0.3 is 13.9 Å². The highest BCUT2D eigenvalue weighted by molar-refractivity contribution is 9.10. The molecule has 0 atom stereocenters. The summed E-state index contributed by atoms with van der Waals surface area (Å²) >= 11 is 3.50. The Labute approximate surface area is 238 Å². The third kappa shape index (κ3) is 5.01. The van der Waals surface area contributed by atoms with Gasteiger partial charge in [-0.1, -0.05) is 64.0 Å². The molecule has 8 heteroatoms. The second-order valence-electron chi connectivity index (χ2n) is 9.26. The fourth-order valence-corrected chi connectivity index (χ4v) is 4.80. The lowest BCUT2D eigenvalue weighted by molar-refractivity contribution is 0.284. The minimum absolute atomic E-state index is 0.289. The van der Waals surface area contributed by atoms with Crippen molar-refractivity contribution >= 4 is 44.0 Å². The Morgan fingerprint density at radius 2 is 1.82 bits per heavy atom. The summed E-state index contributed by atoms with van der Waals surface area (Å²) in [6.07, 6.45) is 1.58. The van der Waals surface area contributed by atoms with Crippen LogP contribution >= 0.6 is 15.9 Å². The van der Waals surface area contributed by atoms with E-state index in [1.54, 1.807) is 31.5 Å². The van der Waals surface area contributed by atoms with Crippen molar-refractivity contribution in [2.45, 2.75) is 13.5 Å². The van der Waals surface area contributed by atoms with E-state index in [9.17, 15) is 4.79 Å². The number of fused-ring (bicyclic) bond motifs is 2. The Balaban J connectivity index is 1.45. The van der Waals surface area contributed by atoms with Crippen LogP contribution < -0.4 is 15.0 Å². The van der Waals surface area contributed by atoms with Crippen LogP contribution in [0.4, 0.5) is 0 Å². The van der Waals surface area contributed by atoms with Crippen LogP contribution in [-0.4, -0.2) is 23.0 Å². The minimum Gasteiger partial charge on any atom is -0.493 e. The number of hydrogen-bond acceptors (Lipinski definition) is 6. The average Bonchev–Trinajstić information content (AvgIpc) is 3.39. The molecule has 0 unspecified atom stereocenters. The molecule has 0 amide bonds. The number of rotatable bonds is 7. The SMILES string of the molecule is COc1cccc(C=Nn2c(-c3cc4cc(Br)ccc4o3)nc3ccccc3c2=O)c1OCc1ccc(C)cc1. The summed E-state index contributed by atoms with van der Waals surface area (Å²) in [6, 6.07) is 28.4. The Morgan fingerprint density at radius 1 is 1.00 bits per heavy atom. The summed E-state index contributed by atoms with van der Waals surface area (Å²) in [5, 5.41) is 5.93. The maximum absolute atomic E-state index is 13.7. The van der Waals surface area contributed by atoms with Gasteiger partial charge in [0.15, 0.2) is 17.3 Å². The lowest BCUT2D eigenvalue weighted by Gasteiger charge is -2.13. The van der Waals surface area contributed by atoms with E-state index >= 15 is 0 Å². The lowest BCUT2D eigenvalue weighted by Crippen LogP contribution is -2.20. The van der Waals surface area contributed by atoms with Gasteiger partial charge >= 0.3 is 0 Å². The molecule has 0 aliphatic carbocycles. The Morgan fingerprint density at radius 3 is 2.65 bits per heavy atom. The highest BCUT2D eigenvalue weighted by Gasteiger charge is 2.17. The fourth-order valence-electron chi connectivity index (χ4n) is 4.42. The molecule has 2 heterocycles. The molecule has 6 aromatic rings. The molecule has 0 saturated heterocycles. The van der Waals surface area contributed by atoms with E-state index in [1.165, 1.54) is 10.2 Å². The van der Waals surface area contributed by atoms with Gasteiger partial charge in [0.2, 0.25) is 5.82 Å². The molecule has 7 nitrogen and oxygen atoms in total. The van der Waals surface area contributed by atoms with E-state index in [1.807, 2.05) is 79.7 Å². The molecule has 0 fully saturated rings. The van der Waals surface area contributed by atoms with E-state index in [-0.39, 0.29) is 11.4 Å². The summed E-state index contributed by atoms with van der Waals surface area (Å²) in [7, 11) is 1.59. The summed E-state index contributed by atoms with van der Waals surface area (Å²) in [5.74, 6) is 1.79. The molecular weight excluding hydrogens is 570 g/mol. The van der Waals surface area contributed by atoms with Crippen molar-refractivity contribution in [1.82, 2.24) is 9.66 Å². The van der Waals surface area contributed by atoms with Gasteiger partial charge in [0.05, 0.1) is 24.2 Å². The Bertz CT molecular complexity index is 1940. The quantitative estimate of drug-likeness (QED) is 0.181. The number of halogens is 1. The molecule has 40 heavy (non-hydrogen) atoms. The third-order valence-electron chi connectivity index (χ3n) is 6.50. The van der Waals surface area contributed by atoms with Crippen LogP contribution in [0.2, 0.25) is 0 Å². The van der Waals surface area contributed by atoms with Crippen molar-refractivity contribution in [3.63, 3.8) is 0 Å². The van der Waals surface area contributed by atoms with Crippen LogP contribution in [0, 0.1) is 6.92 Å². The minimum atomic E-state index is -0.316. The monoisotopic (exact) mass is 593 g/mol. The molecule has 0 bridgehead atoms. The van der Waals surface area contributed by atoms with Crippen LogP contribution in [0.5, 0.6) is 11.5 Å². The number of methoxy groups -OCH3 is 1. The largest absolute Gasteiger partial charge is 0.493 e. The first-order chi connectivity index (χ1) is 19.5. The molecule has 2 aromatic heterocycles. The molecule has 0 spiro atoms. The van der Waals surface area contributed by atoms with Crippen LogP contribution in [0.25, 0.3) is 33.5 Å².